The minimum Gasteiger partial charge on any atom is -0.348 e. The van der Waals surface area contributed by atoms with Crippen molar-refractivity contribution in [1.29, 1.82) is 0 Å². The molecule has 0 heterocycles. The van der Waals surface area contributed by atoms with Gasteiger partial charge in [-0.05, 0) is 30.5 Å². The molecule has 0 aliphatic carbocycles. The number of amides is 1. The van der Waals surface area contributed by atoms with E-state index in [4.69, 9.17) is 0 Å². The molecule has 112 valence electrons. The molecule has 0 saturated carbocycles. The highest BCUT2D eigenvalue weighted by Crippen LogP contribution is 2.13. The van der Waals surface area contributed by atoms with E-state index in [2.05, 4.69) is 35.1 Å². The Morgan fingerprint density at radius 2 is 2.00 bits per heavy atom. The number of carbonyl (C=O) groups excluding carboxylic acids is 1. The van der Waals surface area contributed by atoms with Crippen LogP contribution >= 0.6 is 15.9 Å². The zero-order valence-electron chi connectivity index (χ0n) is 11.9. The number of nitrogens with one attached hydrogen (secondary N) is 1. The summed E-state index contributed by atoms with van der Waals surface area (Å²) < 4.78 is 23.0. The fourth-order valence-corrected chi connectivity index (χ4v) is 2.96. The van der Waals surface area contributed by atoms with Crippen LogP contribution in [0.5, 0.6) is 0 Å². The molecule has 1 amide bonds. The van der Waals surface area contributed by atoms with Gasteiger partial charge < -0.3 is 5.32 Å². The van der Waals surface area contributed by atoms with Crippen LogP contribution in [-0.4, -0.2) is 32.0 Å². The third kappa shape index (κ3) is 5.25. The highest BCUT2D eigenvalue weighted by atomic mass is 79.9. The van der Waals surface area contributed by atoms with Crippen LogP contribution in [0.3, 0.4) is 0 Å². The van der Waals surface area contributed by atoms with E-state index in [0.29, 0.717) is 16.8 Å². The number of carbonyl (C=O) groups is 1. The molecule has 6 heteroatoms. The number of alkyl halides is 1. The second-order valence-corrected chi connectivity index (χ2v) is 7.92. The first-order chi connectivity index (χ1) is 9.24. The number of halogens is 1. The highest BCUT2D eigenvalue weighted by molar-refractivity contribution is 9.09. The van der Waals surface area contributed by atoms with Crippen LogP contribution in [0.4, 0.5) is 0 Å². The van der Waals surface area contributed by atoms with Crippen LogP contribution in [0.2, 0.25) is 0 Å². The third-order valence-electron chi connectivity index (χ3n) is 2.80. The first-order valence-electron chi connectivity index (χ1n) is 6.41. The summed E-state index contributed by atoms with van der Waals surface area (Å²) >= 11 is 3.38. The van der Waals surface area contributed by atoms with Gasteiger partial charge >= 0.3 is 0 Å². The quantitative estimate of drug-likeness (QED) is 0.792. The lowest BCUT2D eigenvalue weighted by Gasteiger charge is -2.18. The van der Waals surface area contributed by atoms with E-state index in [0.717, 1.165) is 12.7 Å². The van der Waals surface area contributed by atoms with Crippen LogP contribution in [0, 0.1) is 5.92 Å². The molecule has 1 N–H and O–H groups in total. The molecule has 1 aromatic rings. The van der Waals surface area contributed by atoms with Crippen LogP contribution in [0.25, 0.3) is 0 Å². The summed E-state index contributed by atoms with van der Waals surface area (Å²) in [5.74, 6) is 0.223. The lowest BCUT2D eigenvalue weighted by molar-refractivity contribution is 0.0937. The van der Waals surface area contributed by atoms with Crippen molar-refractivity contribution in [2.24, 2.45) is 5.92 Å². The second kappa shape index (κ2) is 7.22. The van der Waals surface area contributed by atoms with E-state index < -0.39 is 9.84 Å². The zero-order chi connectivity index (χ0) is 15.3. The SMILES string of the molecule is CC(C)CC(CBr)NC(=O)c1cccc(S(C)(=O)=O)c1. The van der Waals surface area contributed by atoms with E-state index in [1.807, 2.05) is 0 Å². The average molecular weight is 362 g/mol. The summed E-state index contributed by atoms with van der Waals surface area (Å²) in [4.78, 5) is 12.3. The largest absolute Gasteiger partial charge is 0.348 e. The Balaban J connectivity index is 2.87. The summed E-state index contributed by atoms with van der Waals surface area (Å²) in [6.07, 6.45) is 1.99. The minimum atomic E-state index is -3.30. The standard InChI is InChI=1S/C14H20BrNO3S/c1-10(2)7-12(9-15)16-14(17)11-5-4-6-13(8-11)20(3,18)19/h4-6,8,10,12H,7,9H2,1-3H3,(H,16,17). The molecule has 1 aromatic carbocycles. The maximum atomic E-state index is 12.1. The third-order valence-corrected chi connectivity index (χ3v) is 4.69. The molecule has 0 saturated heterocycles. The van der Waals surface area contributed by atoms with Crippen molar-refractivity contribution in [2.75, 3.05) is 11.6 Å². The van der Waals surface area contributed by atoms with E-state index in [1.54, 1.807) is 12.1 Å². The molecule has 0 bridgehead atoms. The van der Waals surface area contributed by atoms with Gasteiger partial charge in [0.1, 0.15) is 0 Å². The Bertz CT molecular complexity index is 570. The predicted molar refractivity (Wildman–Crippen MR) is 84.1 cm³/mol. The van der Waals surface area contributed by atoms with Crippen molar-refractivity contribution in [3.05, 3.63) is 29.8 Å². The van der Waals surface area contributed by atoms with Crippen molar-refractivity contribution in [3.8, 4) is 0 Å². The molecule has 0 fully saturated rings. The van der Waals surface area contributed by atoms with E-state index in [9.17, 15) is 13.2 Å². The maximum Gasteiger partial charge on any atom is 0.251 e. The van der Waals surface area contributed by atoms with Gasteiger partial charge in [-0.1, -0.05) is 35.8 Å². The molecule has 1 atom stereocenters. The van der Waals surface area contributed by atoms with Crippen LogP contribution < -0.4 is 5.32 Å². The van der Waals surface area contributed by atoms with Crippen LogP contribution in [0.15, 0.2) is 29.2 Å². The molecule has 1 unspecified atom stereocenters. The van der Waals surface area contributed by atoms with Crippen molar-refractivity contribution in [3.63, 3.8) is 0 Å². The van der Waals surface area contributed by atoms with Crippen molar-refractivity contribution in [2.45, 2.75) is 31.2 Å². The number of sulfone groups is 1. The number of rotatable bonds is 6. The summed E-state index contributed by atoms with van der Waals surface area (Å²) in [6.45, 7) is 4.18. The minimum absolute atomic E-state index is 0.0318. The molecule has 0 spiro atoms. The molecule has 0 radical (unpaired) electrons. The van der Waals surface area contributed by atoms with Gasteiger partial charge in [-0.15, -0.1) is 0 Å². The molecule has 20 heavy (non-hydrogen) atoms. The molecule has 1 rings (SSSR count). The first-order valence-corrected chi connectivity index (χ1v) is 9.42. The Morgan fingerprint density at radius 3 is 2.50 bits per heavy atom. The van der Waals surface area contributed by atoms with Crippen molar-refractivity contribution in [1.82, 2.24) is 5.32 Å². The number of benzene rings is 1. The second-order valence-electron chi connectivity index (χ2n) is 5.25. The van der Waals surface area contributed by atoms with E-state index in [1.165, 1.54) is 12.1 Å². The summed E-state index contributed by atoms with van der Waals surface area (Å²) in [5.41, 5.74) is 0.364. The summed E-state index contributed by atoms with van der Waals surface area (Å²) in [6, 6.07) is 6.12. The van der Waals surface area contributed by atoms with Crippen LogP contribution in [0.1, 0.15) is 30.6 Å². The predicted octanol–water partition coefficient (Wildman–Crippen LogP) is 2.63. The van der Waals surface area contributed by atoms with Gasteiger partial charge in [0.2, 0.25) is 0 Å². The van der Waals surface area contributed by atoms with E-state index >= 15 is 0 Å². The van der Waals surface area contributed by atoms with Crippen molar-refractivity contribution >= 4 is 31.7 Å². The lowest BCUT2D eigenvalue weighted by atomic mass is 10.0. The van der Waals surface area contributed by atoms with Gasteiger partial charge in [-0.2, -0.15) is 0 Å². The monoisotopic (exact) mass is 361 g/mol. The molecular formula is C14H20BrNO3S. The smallest absolute Gasteiger partial charge is 0.251 e. The van der Waals surface area contributed by atoms with E-state index in [-0.39, 0.29) is 16.8 Å². The first kappa shape index (κ1) is 17.2. The normalized spacial score (nSPS) is 13.2. The molecule has 0 aliphatic rings. The summed E-state index contributed by atoms with van der Waals surface area (Å²) in [5, 5.41) is 3.58. The molecular weight excluding hydrogens is 342 g/mol. The van der Waals surface area contributed by atoms with Gasteiger partial charge in [0.05, 0.1) is 4.90 Å². The van der Waals surface area contributed by atoms with Gasteiger partial charge in [0.25, 0.3) is 5.91 Å². The number of hydrogen-bond acceptors (Lipinski definition) is 3. The Labute approximate surface area is 129 Å². The van der Waals surface area contributed by atoms with Crippen LogP contribution in [-0.2, 0) is 9.84 Å². The Kier molecular flexibility index (Phi) is 6.20. The molecule has 0 aromatic heterocycles. The van der Waals surface area contributed by atoms with Gasteiger partial charge in [0, 0.05) is 23.2 Å². The van der Waals surface area contributed by atoms with Crippen molar-refractivity contribution < 1.29 is 13.2 Å². The van der Waals surface area contributed by atoms with Gasteiger partial charge in [-0.3, -0.25) is 4.79 Å². The fraction of sp³-hybridized carbons (Fsp3) is 0.500. The molecule has 0 aliphatic heterocycles. The topological polar surface area (TPSA) is 63.2 Å². The number of hydrogen-bond donors (Lipinski definition) is 1. The Morgan fingerprint density at radius 1 is 1.35 bits per heavy atom. The maximum absolute atomic E-state index is 12.1. The highest BCUT2D eigenvalue weighted by Gasteiger charge is 2.16. The fourth-order valence-electron chi connectivity index (χ4n) is 1.87. The van der Waals surface area contributed by atoms with Gasteiger partial charge in [-0.25, -0.2) is 8.42 Å². The summed E-state index contributed by atoms with van der Waals surface area (Å²) in [7, 11) is -3.30. The van der Waals surface area contributed by atoms with Gasteiger partial charge in [0.15, 0.2) is 9.84 Å². The zero-order valence-corrected chi connectivity index (χ0v) is 14.3. The molecule has 4 nitrogen and oxygen atoms in total. The lowest BCUT2D eigenvalue weighted by Crippen LogP contribution is -2.37. The Hall–Kier alpha value is -0.880. The average Bonchev–Trinajstić information content (AvgIpc) is 2.36.